The Bertz CT molecular complexity index is 1100. The average molecular weight is 485 g/mol. The number of ether oxygens (including phenoxy) is 3. The van der Waals surface area contributed by atoms with E-state index in [2.05, 4.69) is 27.2 Å². The molecule has 10 heteroatoms. The monoisotopic (exact) mass is 484 g/mol. The number of nitrogens with one attached hydrogen (secondary N) is 2. The highest BCUT2D eigenvalue weighted by Crippen LogP contribution is 2.42. The second kappa shape index (κ2) is 12.5. The number of hydrogen-bond donors (Lipinski definition) is 2. The zero-order valence-corrected chi connectivity index (χ0v) is 20.9. The lowest BCUT2D eigenvalue weighted by Crippen LogP contribution is -2.23. The van der Waals surface area contributed by atoms with Crippen molar-refractivity contribution in [2.75, 3.05) is 31.5 Å². The second-order valence-corrected chi connectivity index (χ2v) is 8.26. The van der Waals surface area contributed by atoms with E-state index in [9.17, 15) is 14.4 Å². The Morgan fingerprint density at radius 1 is 1.03 bits per heavy atom. The van der Waals surface area contributed by atoms with Crippen molar-refractivity contribution in [2.45, 2.75) is 34.1 Å². The molecule has 0 unspecified atom stereocenters. The Morgan fingerprint density at radius 2 is 1.69 bits per heavy atom. The molecule has 35 heavy (non-hydrogen) atoms. The van der Waals surface area contributed by atoms with Gasteiger partial charge in [0.05, 0.1) is 19.8 Å². The van der Waals surface area contributed by atoms with Crippen LogP contribution in [0.15, 0.2) is 24.9 Å². The van der Waals surface area contributed by atoms with Crippen LogP contribution in [0.2, 0.25) is 0 Å². The number of methoxy groups -OCH3 is 2. The molecule has 1 heterocycles. The molecule has 0 aliphatic rings. The van der Waals surface area contributed by atoms with Crippen molar-refractivity contribution >= 4 is 29.9 Å². The van der Waals surface area contributed by atoms with Gasteiger partial charge in [-0.3, -0.25) is 19.7 Å². The van der Waals surface area contributed by atoms with E-state index in [1.165, 1.54) is 20.4 Å². The summed E-state index contributed by atoms with van der Waals surface area (Å²) in [6.07, 6.45) is 3.87. The molecule has 188 valence electrons. The number of amides is 2. The summed E-state index contributed by atoms with van der Waals surface area (Å²) in [5, 5.41) is 5.41. The summed E-state index contributed by atoms with van der Waals surface area (Å²) in [5.74, 6) is 0.0294. The first-order valence-corrected chi connectivity index (χ1v) is 11.1. The van der Waals surface area contributed by atoms with Gasteiger partial charge in [0, 0.05) is 30.0 Å². The molecular weight excluding hydrogens is 452 g/mol. The SMILES string of the molecule is C=CCOc1c(C=O)c(Cc2cnc(NC(=O)C(C)C)nc2NC(=O)C(C)C)cc(OC)c1OC. The van der Waals surface area contributed by atoms with Crippen LogP contribution in [-0.4, -0.2) is 48.9 Å². The lowest BCUT2D eigenvalue weighted by molar-refractivity contribution is -0.119. The Balaban J connectivity index is 2.61. The maximum atomic E-state index is 12.5. The fourth-order valence-electron chi connectivity index (χ4n) is 3.01. The van der Waals surface area contributed by atoms with Crippen molar-refractivity contribution in [1.82, 2.24) is 9.97 Å². The van der Waals surface area contributed by atoms with Crippen molar-refractivity contribution in [2.24, 2.45) is 11.8 Å². The Kier molecular flexibility index (Phi) is 9.74. The molecule has 2 amide bonds. The first-order chi connectivity index (χ1) is 16.7. The van der Waals surface area contributed by atoms with Crippen LogP contribution in [0.3, 0.4) is 0 Å². The molecule has 2 aromatic rings. The fraction of sp³-hybridized carbons (Fsp3) is 0.400. The van der Waals surface area contributed by atoms with Gasteiger partial charge < -0.3 is 19.5 Å². The number of rotatable bonds is 12. The van der Waals surface area contributed by atoms with Gasteiger partial charge in [-0.15, -0.1) is 0 Å². The predicted molar refractivity (Wildman–Crippen MR) is 132 cm³/mol. The summed E-state index contributed by atoms with van der Waals surface area (Å²) in [6, 6.07) is 1.66. The molecule has 0 aliphatic carbocycles. The smallest absolute Gasteiger partial charge is 0.231 e. The van der Waals surface area contributed by atoms with E-state index in [0.29, 0.717) is 23.2 Å². The molecule has 0 aliphatic heterocycles. The molecule has 2 rings (SSSR count). The van der Waals surface area contributed by atoms with Gasteiger partial charge in [0.1, 0.15) is 12.4 Å². The minimum atomic E-state index is -0.308. The second-order valence-electron chi connectivity index (χ2n) is 8.26. The molecule has 0 bridgehead atoms. The molecule has 0 atom stereocenters. The van der Waals surface area contributed by atoms with Gasteiger partial charge in [0.2, 0.25) is 23.5 Å². The van der Waals surface area contributed by atoms with Crippen molar-refractivity contribution in [1.29, 1.82) is 0 Å². The molecule has 0 spiro atoms. The number of benzene rings is 1. The van der Waals surface area contributed by atoms with Gasteiger partial charge in [0.25, 0.3) is 0 Å². The third-order valence-corrected chi connectivity index (χ3v) is 4.98. The summed E-state index contributed by atoms with van der Waals surface area (Å²) >= 11 is 0. The zero-order valence-electron chi connectivity index (χ0n) is 20.9. The van der Waals surface area contributed by atoms with Gasteiger partial charge in [-0.2, -0.15) is 4.98 Å². The number of nitrogens with zero attached hydrogens (tertiary/aromatic N) is 2. The Hall–Kier alpha value is -3.95. The van der Waals surface area contributed by atoms with Gasteiger partial charge in [-0.05, 0) is 11.6 Å². The van der Waals surface area contributed by atoms with E-state index in [4.69, 9.17) is 14.2 Å². The van der Waals surface area contributed by atoms with E-state index in [0.717, 1.165) is 0 Å². The first-order valence-electron chi connectivity index (χ1n) is 11.1. The highest BCUT2D eigenvalue weighted by Gasteiger charge is 2.23. The van der Waals surface area contributed by atoms with E-state index in [-0.39, 0.29) is 65.5 Å². The van der Waals surface area contributed by atoms with Crippen molar-refractivity contribution in [3.05, 3.63) is 41.6 Å². The first kappa shape index (κ1) is 27.3. The quantitative estimate of drug-likeness (QED) is 0.345. The number of aromatic nitrogens is 2. The molecule has 0 saturated carbocycles. The van der Waals surface area contributed by atoms with E-state index in [1.807, 2.05) is 0 Å². The summed E-state index contributed by atoms with van der Waals surface area (Å²) in [5.41, 5.74) is 1.31. The number of carbonyl (C=O) groups excluding carboxylic acids is 3. The third kappa shape index (κ3) is 6.78. The molecular formula is C25H32N4O6. The topological polar surface area (TPSA) is 129 Å². The number of hydrogen-bond acceptors (Lipinski definition) is 8. The van der Waals surface area contributed by atoms with Gasteiger partial charge in [-0.25, -0.2) is 4.98 Å². The summed E-state index contributed by atoms with van der Waals surface area (Å²) in [4.78, 5) is 45.3. The zero-order chi connectivity index (χ0) is 26.1. The molecule has 0 radical (unpaired) electrons. The van der Waals surface area contributed by atoms with E-state index in [1.54, 1.807) is 39.8 Å². The molecule has 10 nitrogen and oxygen atoms in total. The Morgan fingerprint density at radius 3 is 2.23 bits per heavy atom. The maximum absolute atomic E-state index is 12.5. The highest BCUT2D eigenvalue weighted by atomic mass is 16.5. The molecule has 1 aromatic heterocycles. The minimum absolute atomic E-state index is 0.0597. The Labute approximate surface area is 205 Å². The molecule has 2 N–H and O–H groups in total. The fourth-order valence-corrected chi connectivity index (χ4v) is 3.01. The van der Waals surface area contributed by atoms with Crippen molar-refractivity contribution < 1.29 is 28.6 Å². The normalized spacial score (nSPS) is 10.6. The van der Waals surface area contributed by atoms with Crippen molar-refractivity contribution in [3.8, 4) is 17.2 Å². The molecule has 0 fully saturated rings. The van der Waals surface area contributed by atoms with Crippen LogP contribution in [-0.2, 0) is 16.0 Å². The van der Waals surface area contributed by atoms with Crippen LogP contribution >= 0.6 is 0 Å². The highest BCUT2D eigenvalue weighted by molar-refractivity contribution is 5.93. The van der Waals surface area contributed by atoms with E-state index >= 15 is 0 Å². The van der Waals surface area contributed by atoms with Gasteiger partial charge >= 0.3 is 0 Å². The van der Waals surface area contributed by atoms with E-state index < -0.39 is 0 Å². The number of aldehydes is 1. The van der Waals surface area contributed by atoms with Crippen LogP contribution < -0.4 is 24.8 Å². The summed E-state index contributed by atoms with van der Waals surface area (Å²) in [6.45, 7) is 10.8. The predicted octanol–water partition coefficient (Wildman–Crippen LogP) is 3.65. The average Bonchev–Trinajstić information content (AvgIpc) is 2.83. The van der Waals surface area contributed by atoms with Gasteiger partial charge in [-0.1, -0.05) is 40.3 Å². The largest absolute Gasteiger partial charge is 0.493 e. The lowest BCUT2D eigenvalue weighted by Gasteiger charge is -2.19. The molecule has 0 saturated heterocycles. The lowest BCUT2D eigenvalue weighted by atomic mass is 9.99. The number of carbonyl (C=O) groups is 3. The van der Waals surface area contributed by atoms with Crippen LogP contribution in [0, 0.1) is 11.8 Å². The minimum Gasteiger partial charge on any atom is -0.493 e. The summed E-state index contributed by atoms with van der Waals surface area (Å²) < 4.78 is 16.6. The third-order valence-electron chi connectivity index (χ3n) is 4.98. The van der Waals surface area contributed by atoms with Crippen LogP contribution in [0.25, 0.3) is 0 Å². The maximum Gasteiger partial charge on any atom is 0.231 e. The number of anilines is 2. The van der Waals surface area contributed by atoms with Gasteiger partial charge in [0.15, 0.2) is 17.8 Å². The van der Waals surface area contributed by atoms with Crippen molar-refractivity contribution in [3.63, 3.8) is 0 Å². The van der Waals surface area contributed by atoms with Crippen LogP contribution in [0.1, 0.15) is 49.2 Å². The molecule has 1 aromatic carbocycles. The summed E-state index contributed by atoms with van der Waals surface area (Å²) in [7, 11) is 2.92. The van der Waals surface area contributed by atoms with Crippen LogP contribution in [0.5, 0.6) is 17.2 Å². The standard InChI is InChI=1S/C25H32N4O6/c1-8-9-35-20-18(13-30)16(11-19(33-6)21(20)34-7)10-17-12-26-25(29-24(32)15(4)5)28-22(17)27-23(31)14(2)3/h8,11-15H,1,9-10H2,2-7H3,(H2,26,27,28,29,31,32). The van der Waals surface area contributed by atoms with Crippen LogP contribution in [0.4, 0.5) is 11.8 Å².